The van der Waals surface area contributed by atoms with Gasteiger partial charge >= 0.3 is 12.1 Å². The van der Waals surface area contributed by atoms with Crippen LogP contribution in [0.3, 0.4) is 0 Å². The molecule has 2 aliphatic rings. The summed E-state index contributed by atoms with van der Waals surface area (Å²) in [5.41, 5.74) is -1.56. The minimum absolute atomic E-state index is 0.201. The average molecular weight is 373 g/mol. The summed E-state index contributed by atoms with van der Waals surface area (Å²) in [6, 6.07) is -0.545. The number of rotatable bonds is 3. The molecule has 0 aliphatic carbocycles. The van der Waals surface area contributed by atoms with Crippen LogP contribution < -0.4 is 0 Å². The Morgan fingerprint density at radius 3 is 2.31 bits per heavy atom. The van der Waals surface area contributed by atoms with Crippen LogP contribution in [0.4, 0.5) is 4.79 Å². The van der Waals surface area contributed by atoms with Crippen molar-refractivity contribution in [3.05, 3.63) is 0 Å². The second-order valence-electron chi connectivity index (χ2n) is 8.45. The maximum Gasteiger partial charge on any atom is 0.412 e. The molecule has 0 aromatic heterocycles. The molecule has 2 saturated heterocycles. The summed E-state index contributed by atoms with van der Waals surface area (Å²) in [4.78, 5) is 26.7. The van der Waals surface area contributed by atoms with Gasteiger partial charge in [-0.25, -0.2) is 9.59 Å². The van der Waals surface area contributed by atoms with E-state index < -0.39 is 47.4 Å². The number of ether oxygens (including phenoxy) is 5. The molecule has 0 aromatic carbocycles. The molecular weight excluding hydrogens is 342 g/mol. The number of nitrogens with zero attached hydrogens (tertiary/aromatic N) is 1. The van der Waals surface area contributed by atoms with Crippen LogP contribution in [0.15, 0.2) is 0 Å². The van der Waals surface area contributed by atoms with Crippen LogP contribution in [-0.2, 0) is 28.5 Å². The van der Waals surface area contributed by atoms with Crippen LogP contribution in [0, 0.1) is 0 Å². The van der Waals surface area contributed by atoms with Gasteiger partial charge in [0.05, 0.1) is 19.3 Å². The fourth-order valence-corrected chi connectivity index (χ4v) is 3.22. The Morgan fingerprint density at radius 1 is 1.15 bits per heavy atom. The van der Waals surface area contributed by atoms with E-state index in [1.807, 2.05) is 0 Å². The first-order valence-corrected chi connectivity index (χ1v) is 8.96. The van der Waals surface area contributed by atoms with E-state index in [1.165, 1.54) is 4.90 Å². The molecule has 8 nitrogen and oxygen atoms in total. The lowest BCUT2D eigenvalue weighted by atomic mass is 10.0. The van der Waals surface area contributed by atoms with Gasteiger partial charge in [0, 0.05) is 0 Å². The molecule has 3 atom stereocenters. The van der Waals surface area contributed by atoms with Crippen LogP contribution in [0.2, 0.25) is 0 Å². The fraction of sp³-hybridized carbons (Fsp3) is 0.889. The topological polar surface area (TPSA) is 83.5 Å². The predicted octanol–water partition coefficient (Wildman–Crippen LogP) is 2.44. The third-order valence-electron chi connectivity index (χ3n) is 4.14. The molecule has 0 N–H and O–H groups in total. The number of hydrogen-bond acceptors (Lipinski definition) is 7. The van der Waals surface area contributed by atoms with Gasteiger partial charge in [-0.15, -0.1) is 0 Å². The van der Waals surface area contributed by atoms with Crippen LogP contribution in [0.1, 0.15) is 55.4 Å². The summed E-state index contributed by atoms with van der Waals surface area (Å²) >= 11 is 0. The number of hydrogen-bond donors (Lipinski definition) is 0. The van der Waals surface area contributed by atoms with E-state index in [-0.39, 0.29) is 13.2 Å². The van der Waals surface area contributed by atoms with Gasteiger partial charge in [0.1, 0.15) is 17.4 Å². The van der Waals surface area contributed by atoms with Crippen molar-refractivity contribution in [3.8, 4) is 0 Å². The largest absolute Gasteiger partial charge is 0.464 e. The normalized spacial score (nSPS) is 30.3. The zero-order valence-corrected chi connectivity index (χ0v) is 17.0. The molecule has 0 bridgehead atoms. The van der Waals surface area contributed by atoms with Gasteiger partial charge < -0.3 is 23.7 Å². The molecule has 26 heavy (non-hydrogen) atoms. The van der Waals surface area contributed by atoms with Crippen molar-refractivity contribution in [2.24, 2.45) is 0 Å². The SMILES string of the molecule is CCOC(=O)[C@@H]1OC(C)(C)O[C@H]1[C@@H]1COC(C)(C)N1C(=O)OC(C)(C)C. The zero-order valence-electron chi connectivity index (χ0n) is 17.0. The molecule has 0 aromatic rings. The molecule has 1 amide bonds. The molecule has 0 radical (unpaired) electrons. The molecule has 2 rings (SSSR count). The van der Waals surface area contributed by atoms with Crippen molar-refractivity contribution in [2.45, 2.75) is 90.8 Å². The molecular formula is C18H31NO7. The maximum atomic E-state index is 12.8. The third kappa shape index (κ3) is 4.47. The van der Waals surface area contributed by atoms with E-state index in [2.05, 4.69) is 0 Å². The lowest BCUT2D eigenvalue weighted by Crippen LogP contribution is -2.56. The molecule has 8 heteroatoms. The molecule has 0 saturated carbocycles. The molecule has 0 unspecified atom stereocenters. The van der Waals surface area contributed by atoms with Crippen molar-refractivity contribution in [2.75, 3.05) is 13.2 Å². The van der Waals surface area contributed by atoms with E-state index in [9.17, 15) is 9.59 Å². The highest BCUT2D eigenvalue weighted by Crippen LogP contribution is 2.38. The minimum Gasteiger partial charge on any atom is -0.464 e. The monoisotopic (exact) mass is 373 g/mol. The van der Waals surface area contributed by atoms with Gasteiger partial charge in [0.15, 0.2) is 11.9 Å². The maximum absolute atomic E-state index is 12.8. The van der Waals surface area contributed by atoms with Crippen LogP contribution >= 0.6 is 0 Å². The van der Waals surface area contributed by atoms with Crippen molar-refractivity contribution in [1.29, 1.82) is 0 Å². The predicted molar refractivity (Wildman–Crippen MR) is 92.4 cm³/mol. The number of carbonyl (C=O) groups excluding carboxylic acids is 2. The molecule has 2 fully saturated rings. The summed E-state index contributed by atoms with van der Waals surface area (Å²) < 4.78 is 28.2. The highest BCUT2D eigenvalue weighted by Gasteiger charge is 2.57. The molecule has 0 spiro atoms. The Bertz CT molecular complexity index is 552. The van der Waals surface area contributed by atoms with E-state index in [4.69, 9.17) is 23.7 Å². The van der Waals surface area contributed by atoms with Crippen molar-refractivity contribution >= 4 is 12.1 Å². The number of amides is 1. The summed E-state index contributed by atoms with van der Waals surface area (Å²) in [5.74, 6) is -1.49. The first-order chi connectivity index (χ1) is 11.8. The van der Waals surface area contributed by atoms with Crippen molar-refractivity contribution in [1.82, 2.24) is 4.90 Å². The van der Waals surface area contributed by atoms with Gasteiger partial charge in [-0.1, -0.05) is 0 Å². The van der Waals surface area contributed by atoms with E-state index in [1.54, 1.807) is 55.4 Å². The quantitative estimate of drug-likeness (QED) is 0.703. The van der Waals surface area contributed by atoms with Gasteiger partial charge in [-0.05, 0) is 55.4 Å². The van der Waals surface area contributed by atoms with Gasteiger partial charge in [0.25, 0.3) is 0 Å². The highest BCUT2D eigenvalue weighted by molar-refractivity contribution is 5.76. The highest BCUT2D eigenvalue weighted by atomic mass is 16.8. The molecule has 2 heterocycles. The summed E-state index contributed by atoms with van der Waals surface area (Å²) in [7, 11) is 0. The van der Waals surface area contributed by atoms with Gasteiger partial charge in [-0.3, -0.25) is 4.90 Å². The van der Waals surface area contributed by atoms with Crippen LogP contribution in [0.25, 0.3) is 0 Å². The Hall–Kier alpha value is -1.38. The Morgan fingerprint density at radius 2 is 1.77 bits per heavy atom. The lowest BCUT2D eigenvalue weighted by Gasteiger charge is -2.37. The van der Waals surface area contributed by atoms with E-state index in [0.717, 1.165) is 0 Å². The average Bonchev–Trinajstić information content (AvgIpc) is 2.93. The summed E-state index contributed by atoms with van der Waals surface area (Å²) in [5, 5.41) is 0. The van der Waals surface area contributed by atoms with Gasteiger partial charge in [-0.2, -0.15) is 0 Å². The zero-order chi connectivity index (χ0) is 19.9. The van der Waals surface area contributed by atoms with Gasteiger partial charge in [0.2, 0.25) is 0 Å². The Balaban J connectivity index is 2.30. The first-order valence-electron chi connectivity index (χ1n) is 8.96. The van der Waals surface area contributed by atoms with Crippen LogP contribution in [0.5, 0.6) is 0 Å². The van der Waals surface area contributed by atoms with E-state index in [0.29, 0.717) is 0 Å². The van der Waals surface area contributed by atoms with Crippen molar-refractivity contribution in [3.63, 3.8) is 0 Å². The standard InChI is InChI=1S/C18H31NO7/c1-9-22-14(20)13-12(24-18(7,8)25-13)11-10-23-17(5,6)19(11)15(21)26-16(2,3)4/h11-13H,9-10H2,1-8H3/t11-,12-,13+/m0/s1. The molecule has 2 aliphatic heterocycles. The van der Waals surface area contributed by atoms with Crippen LogP contribution in [-0.4, -0.2) is 65.5 Å². The first kappa shape index (κ1) is 20.9. The molecule has 150 valence electrons. The smallest absolute Gasteiger partial charge is 0.412 e. The fourth-order valence-electron chi connectivity index (χ4n) is 3.22. The Kier molecular flexibility index (Phi) is 5.62. The number of esters is 1. The number of carbonyl (C=O) groups is 2. The summed E-state index contributed by atoms with van der Waals surface area (Å²) in [6.07, 6.45) is -2.20. The van der Waals surface area contributed by atoms with Crippen molar-refractivity contribution < 1.29 is 33.3 Å². The minimum atomic E-state index is -0.978. The second kappa shape index (κ2) is 6.98. The second-order valence-corrected chi connectivity index (χ2v) is 8.45. The summed E-state index contributed by atoms with van der Waals surface area (Å²) in [6.45, 7) is 14.5. The van der Waals surface area contributed by atoms with E-state index >= 15 is 0 Å². The lowest BCUT2D eigenvalue weighted by molar-refractivity contribution is -0.170. The third-order valence-corrected chi connectivity index (χ3v) is 4.14. The Labute approximate surface area is 155 Å².